The van der Waals surface area contributed by atoms with E-state index in [0.29, 0.717) is 5.56 Å². The first kappa shape index (κ1) is 12.6. The molecule has 1 saturated carbocycles. The number of halogens is 1. The van der Waals surface area contributed by atoms with Crippen molar-refractivity contribution in [3.05, 3.63) is 33.8 Å². The Morgan fingerprint density at radius 1 is 1.47 bits per heavy atom. The third-order valence-corrected chi connectivity index (χ3v) is 3.82. The van der Waals surface area contributed by atoms with E-state index in [2.05, 4.69) is 21.2 Å². The van der Waals surface area contributed by atoms with Gasteiger partial charge in [0.25, 0.3) is 5.91 Å². The monoisotopic (exact) mass is 297 g/mol. The van der Waals surface area contributed by atoms with Crippen molar-refractivity contribution in [3.8, 4) is 0 Å². The Hall–Kier alpha value is -0.870. The molecule has 0 radical (unpaired) electrons. The maximum atomic E-state index is 12.0. The van der Waals surface area contributed by atoms with Crippen molar-refractivity contribution in [2.24, 2.45) is 0 Å². The van der Waals surface area contributed by atoms with Crippen LogP contribution in [-0.2, 0) is 0 Å². The molecule has 1 aromatic rings. The lowest BCUT2D eigenvalue weighted by Crippen LogP contribution is -2.39. The predicted molar refractivity (Wildman–Crippen MR) is 70.0 cm³/mol. The van der Waals surface area contributed by atoms with Crippen LogP contribution in [0.2, 0.25) is 0 Å². The van der Waals surface area contributed by atoms with Gasteiger partial charge in [0.1, 0.15) is 0 Å². The number of aryl methyl sites for hydroxylation is 1. The highest BCUT2D eigenvalue weighted by Gasteiger charge is 2.27. The molecule has 0 aromatic heterocycles. The van der Waals surface area contributed by atoms with Crippen LogP contribution in [0.3, 0.4) is 0 Å². The Morgan fingerprint density at radius 3 is 2.82 bits per heavy atom. The van der Waals surface area contributed by atoms with Crippen molar-refractivity contribution in [2.45, 2.75) is 38.3 Å². The number of aliphatic hydroxyl groups is 1. The number of nitrogens with one attached hydrogen (secondary N) is 1. The van der Waals surface area contributed by atoms with Gasteiger partial charge in [-0.2, -0.15) is 0 Å². The van der Waals surface area contributed by atoms with Crippen LogP contribution in [0.25, 0.3) is 0 Å². The Bertz CT molecular complexity index is 433. The van der Waals surface area contributed by atoms with Crippen LogP contribution in [-0.4, -0.2) is 23.2 Å². The molecule has 0 bridgehead atoms. The third-order valence-electron chi connectivity index (χ3n) is 3.17. The van der Waals surface area contributed by atoms with E-state index in [4.69, 9.17) is 0 Å². The topological polar surface area (TPSA) is 49.3 Å². The lowest BCUT2D eigenvalue weighted by atomic mass is 10.1. The number of aliphatic hydroxyl groups excluding tert-OH is 1. The van der Waals surface area contributed by atoms with Gasteiger partial charge in [-0.25, -0.2) is 0 Å². The van der Waals surface area contributed by atoms with E-state index in [0.717, 1.165) is 29.3 Å². The van der Waals surface area contributed by atoms with E-state index in [1.54, 1.807) is 6.07 Å². The molecule has 2 atom stereocenters. The average Bonchev–Trinajstić information content (AvgIpc) is 2.64. The number of rotatable bonds is 2. The highest BCUT2D eigenvalue weighted by atomic mass is 79.9. The molecular weight excluding hydrogens is 282 g/mol. The van der Waals surface area contributed by atoms with Crippen LogP contribution in [0.4, 0.5) is 0 Å². The maximum Gasteiger partial charge on any atom is 0.252 e. The summed E-state index contributed by atoms with van der Waals surface area (Å²) in [5.74, 6) is -0.122. The molecule has 1 aliphatic rings. The van der Waals surface area contributed by atoms with Crippen LogP contribution in [0.15, 0.2) is 22.7 Å². The van der Waals surface area contributed by atoms with Crippen molar-refractivity contribution in [1.29, 1.82) is 0 Å². The summed E-state index contributed by atoms with van der Waals surface area (Å²) < 4.78 is 0.794. The Balaban J connectivity index is 2.09. The molecule has 0 unspecified atom stereocenters. The number of hydrogen-bond donors (Lipinski definition) is 2. The van der Waals surface area contributed by atoms with E-state index in [9.17, 15) is 9.90 Å². The smallest absolute Gasteiger partial charge is 0.252 e. The van der Waals surface area contributed by atoms with E-state index >= 15 is 0 Å². The van der Waals surface area contributed by atoms with Gasteiger partial charge in [-0.1, -0.05) is 6.07 Å². The molecule has 0 spiro atoms. The summed E-state index contributed by atoms with van der Waals surface area (Å²) in [6.45, 7) is 1.98. The van der Waals surface area contributed by atoms with E-state index in [1.165, 1.54) is 0 Å². The van der Waals surface area contributed by atoms with Gasteiger partial charge >= 0.3 is 0 Å². The molecular formula is C13H16BrNO2. The SMILES string of the molecule is Cc1ccc(C(=O)N[C@@H]2CCC[C@H]2O)c(Br)c1. The van der Waals surface area contributed by atoms with Crippen molar-refractivity contribution < 1.29 is 9.90 Å². The first-order valence-corrected chi connectivity index (χ1v) is 6.62. The molecule has 2 N–H and O–H groups in total. The standard InChI is InChI=1S/C13H16BrNO2/c1-8-5-6-9(10(14)7-8)13(17)15-11-3-2-4-12(11)16/h5-7,11-12,16H,2-4H2,1H3,(H,15,17)/t11-,12-/m1/s1. The minimum atomic E-state index is -0.400. The third kappa shape index (κ3) is 2.87. The van der Waals surface area contributed by atoms with Crippen molar-refractivity contribution in [2.75, 3.05) is 0 Å². The first-order valence-electron chi connectivity index (χ1n) is 5.83. The zero-order chi connectivity index (χ0) is 12.4. The van der Waals surface area contributed by atoms with Crippen molar-refractivity contribution in [1.82, 2.24) is 5.32 Å². The minimum absolute atomic E-state index is 0.101. The average molecular weight is 298 g/mol. The summed E-state index contributed by atoms with van der Waals surface area (Å²) in [6, 6.07) is 5.52. The second kappa shape index (κ2) is 5.19. The number of carbonyl (C=O) groups is 1. The summed E-state index contributed by atoms with van der Waals surface area (Å²) in [6.07, 6.45) is 2.21. The lowest BCUT2D eigenvalue weighted by Gasteiger charge is -2.17. The zero-order valence-corrected chi connectivity index (χ0v) is 11.3. The quantitative estimate of drug-likeness (QED) is 0.881. The first-order chi connectivity index (χ1) is 8.08. The number of hydrogen-bond acceptors (Lipinski definition) is 2. The van der Waals surface area contributed by atoms with Crippen LogP contribution >= 0.6 is 15.9 Å². The van der Waals surface area contributed by atoms with Gasteiger partial charge in [-0.3, -0.25) is 4.79 Å². The number of carbonyl (C=O) groups excluding carboxylic acids is 1. The summed E-state index contributed by atoms with van der Waals surface area (Å²) in [4.78, 5) is 12.0. The Kier molecular flexibility index (Phi) is 3.84. The summed E-state index contributed by atoms with van der Waals surface area (Å²) in [7, 11) is 0. The molecule has 0 aliphatic heterocycles. The van der Waals surface area contributed by atoms with Gasteiger partial charge in [-0.05, 0) is 59.8 Å². The summed E-state index contributed by atoms with van der Waals surface area (Å²) >= 11 is 3.39. The Morgan fingerprint density at radius 2 is 2.24 bits per heavy atom. The van der Waals surface area contributed by atoms with Gasteiger partial charge in [-0.15, -0.1) is 0 Å². The molecule has 1 aromatic carbocycles. The highest BCUT2D eigenvalue weighted by Crippen LogP contribution is 2.21. The molecule has 1 amide bonds. The van der Waals surface area contributed by atoms with E-state index in [-0.39, 0.29) is 11.9 Å². The van der Waals surface area contributed by atoms with E-state index in [1.807, 2.05) is 19.1 Å². The molecule has 4 heteroatoms. The van der Waals surface area contributed by atoms with Crippen LogP contribution in [0.5, 0.6) is 0 Å². The fourth-order valence-corrected chi connectivity index (χ4v) is 2.83. The molecule has 2 rings (SSSR count). The second-order valence-electron chi connectivity index (χ2n) is 4.56. The molecule has 3 nitrogen and oxygen atoms in total. The van der Waals surface area contributed by atoms with Crippen molar-refractivity contribution >= 4 is 21.8 Å². The lowest BCUT2D eigenvalue weighted by molar-refractivity contribution is 0.0872. The molecule has 0 saturated heterocycles. The van der Waals surface area contributed by atoms with Crippen LogP contribution in [0, 0.1) is 6.92 Å². The van der Waals surface area contributed by atoms with Gasteiger partial charge in [0.05, 0.1) is 17.7 Å². The predicted octanol–water partition coefficient (Wildman–Crippen LogP) is 2.40. The summed E-state index contributed by atoms with van der Waals surface area (Å²) in [5.41, 5.74) is 1.73. The normalized spacial score (nSPS) is 23.7. The zero-order valence-electron chi connectivity index (χ0n) is 9.74. The molecule has 92 valence electrons. The van der Waals surface area contributed by atoms with Gasteiger partial charge in [0.2, 0.25) is 0 Å². The van der Waals surface area contributed by atoms with Gasteiger partial charge in [0, 0.05) is 4.47 Å². The fraction of sp³-hybridized carbons (Fsp3) is 0.462. The van der Waals surface area contributed by atoms with Crippen molar-refractivity contribution in [3.63, 3.8) is 0 Å². The van der Waals surface area contributed by atoms with Crippen LogP contribution in [0.1, 0.15) is 35.2 Å². The molecule has 1 aliphatic carbocycles. The van der Waals surface area contributed by atoms with Gasteiger partial charge in [0.15, 0.2) is 0 Å². The van der Waals surface area contributed by atoms with Crippen LogP contribution < -0.4 is 5.32 Å². The Labute approximate surface area is 109 Å². The highest BCUT2D eigenvalue weighted by molar-refractivity contribution is 9.10. The summed E-state index contributed by atoms with van der Waals surface area (Å²) in [5, 5.41) is 12.6. The maximum absolute atomic E-state index is 12.0. The molecule has 1 fully saturated rings. The number of benzene rings is 1. The van der Waals surface area contributed by atoms with E-state index < -0.39 is 6.10 Å². The molecule has 0 heterocycles. The minimum Gasteiger partial charge on any atom is -0.391 e. The largest absolute Gasteiger partial charge is 0.391 e. The van der Waals surface area contributed by atoms with Gasteiger partial charge < -0.3 is 10.4 Å². The number of amides is 1. The second-order valence-corrected chi connectivity index (χ2v) is 5.42. The fourth-order valence-electron chi connectivity index (χ4n) is 2.16. The molecule has 17 heavy (non-hydrogen) atoms.